The third-order valence-electron chi connectivity index (χ3n) is 26.4. The van der Waals surface area contributed by atoms with E-state index in [2.05, 4.69) is 118 Å². The SMILES string of the molecule is CCNC(=O)[C@@H]1CCCN1C(=O)[C@H](CCCN=C(N)N)NC(=O)[C@H](CC(C)C)N(C)C(=O)[C@@H](Cc1c[nH]c2ccccc12)NC(=O)[C@H](Cc1ccc(O)cc1)NC(=O)[C@H](CO)NC(=O)[C@H](Cc1c[nH]c2ccccc12)NC(=O)[C@H](Cc1cnc[nH]1)NC(=O)[C@@H]1CCC(=O)N1.CN(C)c1ccc([C@H]2C[C@]3(C)[C@@H](CC[C@]3(O)CCCO)[C@@H]3CCC4=CC(=O)CCC4=C32)cc1. The van der Waals surface area contributed by atoms with Gasteiger partial charge in [0.2, 0.25) is 59.1 Å². The topological polar surface area (TPSA) is 499 Å². The van der Waals surface area contributed by atoms with E-state index in [1.165, 1.54) is 76.0 Å². The minimum Gasteiger partial charge on any atom is -0.508 e. The molecule has 2 aliphatic heterocycles. The Morgan fingerprint density at radius 3 is 1.91 bits per heavy atom. The summed E-state index contributed by atoms with van der Waals surface area (Å²) in [6.07, 6.45) is 16.8. The van der Waals surface area contributed by atoms with Gasteiger partial charge in [-0.2, -0.15) is 0 Å². The lowest BCUT2D eigenvalue weighted by molar-refractivity contribution is -0.145. The quantitative estimate of drug-likeness (QED) is 0.0142. The largest absolute Gasteiger partial charge is 0.508 e. The fourth-order valence-corrected chi connectivity index (χ4v) is 19.7. The van der Waals surface area contributed by atoms with E-state index in [1.807, 2.05) is 44.2 Å². The number of guanidine groups is 1. The molecule has 19 N–H and O–H groups in total. The van der Waals surface area contributed by atoms with Gasteiger partial charge >= 0.3 is 0 Å². The predicted molar refractivity (Wildman–Crippen MR) is 480 cm³/mol. The average molecular weight is 1750 g/mol. The number of allylic oxidation sites excluding steroid dienone is 4. The van der Waals surface area contributed by atoms with Gasteiger partial charge in [-0.1, -0.05) is 87.0 Å². The molecule has 4 fully saturated rings. The van der Waals surface area contributed by atoms with Crippen molar-refractivity contribution in [3.8, 4) is 5.75 Å². The predicted octanol–water partition coefficient (Wildman–Crippen LogP) is 4.74. The molecule has 0 bridgehead atoms. The van der Waals surface area contributed by atoms with Crippen LogP contribution in [-0.4, -0.2) is 235 Å². The van der Waals surface area contributed by atoms with Crippen LogP contribution in [0.2, 0.25) is 0 Å². The lowest BCUT2D eigenvalue weighted by atomic mass is 9.51. The number of H-pyrrole nitrogens is 3. The molecule has 3 aromatic heterocycles. The maximum Gasteiger partial charge on any atom is 0.245 e. The summed E-state index contributed by atoms with van der Waals surface area (Å²) in [6.45, 7) is 7.66. The van der Waals surface area contributed by atoms with Crippen LogP contribution in [0.3, 0.4) is 0 Å². The third kappa shape index (κ3) is 22.6. The number of nitrogens with zero attached hydrogens (tertiary/aromatic N) is 5. The molecule has 5 heterocycles. The monoisotopic (exact) mass is 1740 g/mol. The summed E-state index contributed by atoms with van der Waals surface area (Å²) in [5.74, 6) is -5.92. The Balaban J connectivity index is 0.000000367. The van der Waals surface area contributed by atoms with E-state index in [1.54, 1.807) is 49.2 Å². The highest BCUT2D eigenvalue weighted by atomic mass is 16.3. The minimum atomic E-state index is -1.78. The Hall–Kier alpha value is -12.2. The minimum absolute atomic E-state index is 0.0705. The molecule has 10 amide bonds. The number of imidazole rings is 1. The Morgan fingerprint density at radius 2 is 1.30 bits per heavy atom. The number of likely N-dealkylation sites (N-methyl/N-ethyl adjacent to an activating group) is 2. The number of phenolic OH excluding ortho intramolecular Hbond substituents is 1. The number of fused-ring (bicyclic) bond motifs is 6. The van der Waals surface area contributed by atoms with Gasteiger partial charge in [-0.25, -0.2) is 4.98 Å². The number of aliphatic imine (C=N–C) groups is 1. The summed E-state index contributed by atoms with van der Waals surface area (Å²) in [5, 5.41) is 65.8. The van der Waals surface area contributed by atoms with Gasteiger partial charge in [0.25, 0.3) is 0 Å². The maximum absolute atomic E-state index is 15.4. The fourth-order valence-electron chi connectivity index (χ4n) is 19.7. The Labute approximate surface area is 739 Å². The van der Waals surface area contributed by atoms with Crippen molar-refractivity contribution < 1.29 is 73.2 Å². The number of nitrogens with one attached hydrogen (secondary N) is 11. The average Bonchev–Trinajstić information content (AvgIpc) is 1.65. The zero-order valence-electron chi connectivity index (χ0n) is 73.5. The molecule has 0 unspecified atom stereocenters. The van der Waals surface area contributed by atoms with Crippen LogP contribution in [-0.2, 0) is 78.4 Å². The number of anilines is 1. The number of phenols is 1. The van der Waals surface area contributed by atoms with Gasteiger partial charge in [0.15, 0.2) is 11.7 Å². The summed E-state index contributed by atoms with van der Waals surface area (Å²) in [6, 6.07) is 17.5. The number of aromatic hydroxyl groups is 1. The number of hydrogen-bond acceptors (Lipinski definition) is 18. The number of carbonyl (C=O) groups is 11. The number of aromatic nitrogens is 4. The van der Waals surface area contributed by atoms with E-state index < -0.39 is 114 Å². The van der Waals surface area contributed by atoms with E-state index in [0.717, 1.165) is 49.4 Å². The Morgan fingerprint density at radius 1 is 0.677 bits per heavy atom. The highest BCUT2D eigenvalue weighted by Crippen LogP contribution is 2.67. The number of likely N-dealkylation sites (tertiary alicyclic amines) is 1. The molecule has 14 atom stereocenters. The number of benzene rings is 4. The number of rotatable bonds is 37. The first kappa shape index (κ1) is 93.9. The lowest BCUT2D eigenvalue weighted by Crippen LogP contribution is -2.62. The van der Waals surface area contributed by atoms with Crippen molar-refractivity contribution in [2.45, 2.75) is 222 Å². The highest BCUT2D eigenvalue weighted by Gasteiger charge is 2.62. The molecule has 4 aliphatic carbocycles. The van der Waals surface area contributed by atoms with E-state index in [4.69, 9.17) is 11.5 Å². The van der Waals surface area contributed by atoms with Gasteiger partial charge in [0.1, 0.15) is 60.1 Å². The van der Waals surface area contributed by atoms with Crippen molar-refractivity contribution in [1.29, 1.82) is 0 Å². The number of nitrogens with two attached hydrogens (primary N) is 2. The van der Waals surface area contributed by atoms with Crippen molar-refractivity contribution in [3.63, 3.8) is 0 Å². The van der Waals surface area contributed by atoms with E-state index in [-0.39, 0.29) is 124 Å². The van der Waals surface area contributed by atoms with Gasteiger partial charge in [-0.05, 0) is 190 Å². The van der Waals surface area contributed by atoms with Crippen molar-refractivity contribution in [2.24, 2.45) is 39.6 Å². The van der Waals surface area contributed by atoms with Gasteiger partial charge in [0.05, 0.1) is 18.5 Å². The molecule has 33 heteroatoms. The van der Waals surface area contributed by atoms with Gasteiger partial charge in [-0.3, -0.25) is 57.7 Å². The molecular weight excluding hydrogens is 1620 g/mol. The van der Waals surface area contributed by atoms with Crippen molar-refractivity contribution in [2.75, 3.05) is 58.9 Å². The van der Waals surface area contributed by atoms with Crippen LogP contribution in [0.25, 0.3) is 21.8 Å². The van der Waals surface area contributed by atoms with Crippen LogP contribution < -0.4 is 58.9 Å². The Kier molecular flexibility index (Phi) is 31.3. The molecule has 680 valence electrons. The second kappa shape index (κ2) is 42.4. The number of carbonyl (C=O) groups excluding carboxylic acids is 11. The second-order valence-electron chi connectivity index (χ2n) is 35.5. The molecule has 6 aliphatic rings. The molecule has 13 rings (SSSR count). The van der Waals surface area contributed by atoms with Crippen molar-refractivity contribution in [3.05, 3.63) is 173 Å². The number of hydrogen-bond donors (Lipinski definition) is 17. The lowest BCUT2D eigenvalue weighted by Gasteiger charge is -2.55. The third-order valence-corrected chi connectivity index (χ3v) is 26.4. The molecule has 127 heavy (non-hydrogen) atoms. The van der Waals surface area contributed by atoms with Crippen LogP contribution in [0.15, 0.2) is 150 Å². The molecule has 2 saturated heterocycles. The van der Waals surface area contributed by atoms with Crippen molar-refractivity contribution in [1.82, 2.24) is 72.3 Å². The zero-order valence-corrected chi connectivity index (χ0v) is 73.5. The standard InChI is InChI=1S/C65H85N17O12.C29H39NO3/c1-5-69-61(91)53-17-11-25-82(53)64(94)47(16-10-24-70-65(66)67)75-62(92)54(26-36(2)3)81(4)63(93)51(29-39-32-72-45-15-9-7-13-43(39)45)79-57(87)48(27-37-18-20-41(84)21-19-37)76-60(90)52(34-83)80-58(88)49(28-38-31-71-44-14-8-6-12-42(38)44)77-59(89)50(30-40-33-68-35-73-40)78-56(86)46-22-23-55(85)74-46;1-28-18-25(19-5-8-21(9-6-19)30(2)3)27-23-12-10-22(32)17-20(23)7-11-24(27)26(28)13-15-29(28,33)14-4-16-31/h6-9,12-15,18-21,31-33,35-36,46-54,71-72,83-84H,5,10-11,16-17,22-30,34H2,1-4H3,(H,68,73)(H,69,91)(H,74,85)(H,75,92)(H,76,90)(H,77,89)(H,78,86)(H,79,87)(H,80,88)(H4,66,67,70);5-6,8-9,17,24-26,31,33H,4,7,10-16,18H2,1-3H3/t46-,47-,48-,49-,50-,51+,52-,53-,54-;24-,25+,26-,28+,29+/m00/s1. The van der Waals surface area contributed by atoms with Crippen LogP contribution in [0.5, 0.6) is 5.75 Å². The zero-order chi connectivity index (χ0) is 91.0. The van der Waals surface area contributed by atoms with Crippen LogP contribution in [0.1, 0.15) is 164 Å². The van der Waals surface area contributed by atoms with Crippen LogP contribution in [0.4, 0.5) is 5.69 Å². The summed E-state index contributed by atoms with van der Waals surface area (Å²) >= 11 is 0. The number of ketones is 1. The van der Waals surface area contributed by atoms with E-state index in [0.29, 0.717) is 83.8 Å². The molecule has 4 aromatic carbocycles. The number of aromatic amines is 3. The highest BCUT2D eigenvalue weighted by molar-refractivity contribution is 6.00. The molecule has 0 radical (unpaired) electrons. The number of aliphatic hydroxyl groups is 3. The summed E-state index contributed by atoms with van der Waals surface area (Å²) in [4.78, 5) is 177. The van der Waals surface area contributed by atoms with Gasteiger partial charge in [0, 0.05) is 149 Å². The first-order valence-corrected chi connectivity index (χ1v) is 44.4. The maximum atomic E-state index is 15.4. The number of para-hydroxylation sites is 2. The summed E-state index contributed by atoms with van der Waals surface area (Å²) < 4.78 is 0. The smallest absolute Gasteiger partial charge is 0.245 e. The summed E-state index contributed by atoms with van der Waals surface area (Å²) in [7, 11) is 5.55. The normalized spacial score (nSPS) is 21.6. The molecule has 33 nitrogen and oxygen atoms in total. The first-order chi connectivity index (χ1) is 60.9. The van der Waals surface area contributed by atoms with Crippen molar-refractivity contribution >= 4 is 98.3 Å². The molecule has 0 spiro atoms. The van der Waals surface area contributed by atoms with E-state index in [9.17, 15) is 63.6 Å². The van der Waals surface area contributed by atoms with Gasteiger partial charge < -0.3 is 104 Å². The number of aliphatic hydroxyl groups excluding tert-OH is 2. The molecule has 7 aromatic rings. The Bertz CT molecular complexity index is 5190. The van der Waals surface area contributed by atoms with Crippen LogP contribution in [0, 0.1) is 23.2 Å². The van der Waals surface area contributed by atoms with Crippen LogP contribution >= 0.6 is 0 Å². The summed E-state index contributed by atoms with van der Waals surface area (Å²) in [5.41, 5.74) is 20.7. The molecule has 2 saturated carbocycles. The van der Waals surface area contributed by atoms with Gasteiger partial charge in [-0.15, -0.1) is 0 Å². The second-order valence-corrected chi connectivity index (χ2v) is 35.5. The number of amides is 10. The van der Waals surface area contributed by atoms with E-state index >= 15 is 9.59 Å². The fraction of sp³-hybridized carbons (Fsp3) is 0.500. The first-order valence-electron chi connectivity index (χ1n) is 44.4. The molecular formula is C94H124N18O15.